The third kappa shape index (κ3) is 4.71. The maximum Gasteiger partial charge on any atom is 0.236 e. The molecule has 1 saturated heterocycles. The van der Waals surface area contributed by atoms with Crippen LogP contribution in [0.4, 0.5) is 4.39 Å². The zero-order chi connectivity index (χ0) is 21.1. The Bertz CT molecular complexity index is 960. The van der Waals surface area contributed by atoms with E-state index in [-0.39, 0.29) is 17.8 Å². The van der Waals surface area contributed by atoms with Crippen LogP contribution in [0.2, 0.25) is 0 Å². The molecule has 1 aliphatic rings. The number of aromatic nitrogens is 1. The van der Waals surface area contributed by atoms with Gasteiger partial charge in [0.15, 0.2) is 0 Å². The first kappa shape index (κ1) is 20.9. The van der Waals surface area contributed by atoms with E-state index in [1.807, 2.05) is 11.0 Å². The number of hydrogen-bond donors (Lipinski definition) is 1. The molecule has 2 heterocycles. The Morgan fingerprint density at radius 3 is 2.53 bits per heavy atom. The molecule has 1 amide bonds. The summed E-state index contributed by atoms with van der Waals surface area (Å²) in [4.78, 5) is 19.5. The molecule has 4 nitrogen and oxygen atoms in total. The van der Waals surface area contributed by atoms with Crippen molar-refractivity contribution in [1.29, 1.82) is 0 Å². The van der Waals surface area contributed by atoms with Crippen LogP contribution < -0.4 is 5.32 Å². The lowest BCUT2D eigenvalue weighted by atomic mass is 9.95. The number of benzene rings is 2. The number of thiazole rings is 1. The van der Waals surface area contributed by atoms with Crippen LogP contribution in [0.5, 0.6) is 0 Å². The molecular weight excluding hydrogens is 397 g/mol. The average molecular weight is 426 g/mol. The van der Waals surface area contributed by atoms with Gasteiger partial charge in [-0.2, -0.15) is 0 Å². The molecule has 3 aromatic rings. The minimum atomic E-state index is -0.242. The zero-order valence-electron chi connectivity index (χ0n) is 17.5. The lowest BCUT2D eigenvalue weighted by Crippen LogP contribution is -2.43. The van der Waals surface area contributed by atoms with Gasteiger partial charge in [0, 0.05) is 25.0 Å². The second-order valence-electron chi connectivity index (χ2n) is 8.33. The Kier molecular flexibility index (Phi) is 6.44. The van der Waals surface area contributed by atoms with Gasteiger partial charge in [-0.05, 0) is 48.6 Å². The molecular formula is C24H28FN3OS. The lowest BCUT2D eigenvalue weighted by molar-refractivity contribution is -0.131. The Morgan fingerprint density at radius 2 is 1.87 bits per heavy atom. The molecule has 0 bridgehead atoms. The van der Waals surface area contributed by atoms with E-state index < -0.39 is 0 Å². The van der Waals surface area contributed by atoms with Crippen LogP contribution in [0.1, 0.15) is 49.2 Å². The number of nitrogens with zero attached hydrogens (tertiary/aromatic N) is 2. The first-order valence-corrected chi connectivity index (χ1v) is 11.4. The quantitative estimate of drug-likeness (QED) is 0.596. The molecule has 1 N–H and O–H groups in total. The Labute approximate surface area is 181 Å². The summed E-state index contributed by atoms with van der Waals surface area (Å²) in [5.41, 5.74) is 2.08. The molecule has 6 heteroatoms. The number of piperidine rings is 1. The molecule has 158 valence electrons. The van der Waals surface area contributed by atoms with E-state index in [0.717, 1.165) is 37.0 Å². The lowest BCUT2D eigenvalue weighted by Gasteiger charge is -2.32. The summed E-state index contributed by atoms with van der Waals surface area (Å²) in [7, 11) is 0. The number of likely N-dealkylation sites (tertiary alicyclic amines) is 1. The number of fused-ring (bicyclic) bond motifs is 1. The Morgan fingerprint density at radius 1 is 1.17 bits per heavy atom. The largest absolute Gasteiger partial charge is 0.342 e. The molecule has 0 unspecified atom stereocenters. The van der Waals surface area contributed by atoms with E-state index in [4.69, 9.17) is 4.98 Å². The third-order valence-electron chi connectivity index (χ3n) is 5.88. The molecule has 0 aliphatic carbocycles. The van der Waals surface area contributed by atoms with Gasteiger partial charge >= 0.3 is 0 Å². The van der Waals surface area contributed by atoms with E-state index in [1.165, 1.54) is 21.8 Å². The minimum Gasteiger partial charge on any atom is -0.342 e. The number of para-hydroxylation sites is 1. The van der Waals surface area contributed by atoms with Crippen LogP contribution >= 0.6 is 11.3 Å². The summed E-state index contributed by atoms with van der Waals surface area (Å²) in [6, 6.07) is 14.8. The topological polar surface area (TPSA) is 45.2 Å². The Balaban J connectivity index is 1.32. The van der Waals surface area contributed by atoms with Crippen molar-refractivity contribution in [2.45, 2.75) is 38.6 Å². The van der Waals surface area contributed by atoms with Crippen molar-refractivity contribution in [3.8, 4) is 0 Å². The van der Waals surface area contributed by atoms with Crippen LogP contribution in [0, 0.1) is 11.7 Å². The van der Waals surface area contributed by atoms with Gasteiger partial charge in [0.25, 0.3) is 0 Å². The van der Waals surface area contributed by atoms with Gasteiger partial charge in [-0.25, -0.2) is 9.37 Å². The van der Waals surface area contributed by atoms with E-state index in [9.17, 15) is 9.18 Å². The highest BCUT2D eigenvalue weighted by molar-refractivity contribution is 7.18. The van der Waals surface area contributed by atoms with Crippen molar-refractivity contribution >= 4 is 27.5 Å². The van der Waals surface area contributed by atoms with Crippen molar-refractivity contribution in [3.63, 3.8) is 0 Å². The molecule has 0 saturated carbocycles. The highest BCUT2D eigenvalue weighted by Gasteiger charge is 2.26. The summed E-state index contributed by atoms with van der Waals surface area (Å²) >= 11 is 1.78. The van der Waals surface area contributed by atoms with Crippen LogP contribution in [-0.2, 0) is 4.79 Å². The average Bonchev–Trinajstić information content (AvgIpc) is 3.19. The third-order valence-corrected chi connectivity index (χ3v) is 7.08. The van der Waals surface area contributed by atoms with E-state index in [0.29, 0.717) is 18.4 Å². The van der Waals surface area contributed by atoms with Gasteiger partial charge in [-0.1, -0.05) is 38.1 Å². The predicted molar refractivity (Wildman–Crippen MR) is 120 cm³/mol. The van der Waals surface area contributed by atoms with Crippen LogP contribution in [0.3, 0.4) is 0 Å². The molecule has 1 aromatic heterocycles. The minimum absolute atomic E-state index is 0.0230. The van der Waals surface area contributed by atoms with Crippen LogP contribution in [0.15, 0.2) is 48.5 Å². The normalized spacial score (nSPS) is 16.3. The number of carbonyl (C=O) groups excluding carboxylic acids is 1. The molecule has 30 heavy (non-hydrogen) atoms. The predicted octanol–water partition coefficient (Wildman–Crippen LogP) is 5.13. The number of hydrogen-bond acceptors (Lipinski definition) is 4. The zero-order valence-corrected chi connectivity index (χ0v) is 18.3. The van der Waals surface area contributed by atoms with Crippen LogP contribution in [-0.4, -0.2) is 35.4 Å². The van der Waals surface area contributed by atoms with E-state index in [1.54, 1.807) is 23.5 Å². The molecule has 1 atom stereocenters. The maximum absolute atomic E-state index is 13.2. The van der Waals surface area contributed by atoms with Gasteiger partial charge in [0.05, 0.1) is 21.8 Å². The SMILES string of the molecule is CC(C)[C@@H](NCC(=O)N1CCC(c2nc3ccccc3s2)CC1)c1ccc(F)cc1. The van der Waals surface area contributed by atoms with Crippen molar-refractivity contribution in [3.05, 3.63) is 64.9 Å². The van der Waals surface area contributed by atoms with Crippen molar-refractivity contribution in [2.24, 2.45) is 5.92 Å². The van der Waals surface area contributed by atoms with Crippen molar-refractivity contribution in [1.82, 2.24) is 15.2 Å². The van der Waals surface area contributed by atoms with Gasteiger partial charge in [-0.15, -0.1) is 11.3 Å². The fourth-order valence-corrected chi connectivity index (χ4v) is 5.29. The van der Waals surface area contributed by atoms with Crippen LogP contribution in [0.25, 0.3) is 10.2 Å². The van der Waals surface area contributed by atoms with Gasteiger partial charge < -0.3 is 10.2 Å². The van der Waals surface area contributed by atoms with Crippen molar-refractivity contribution < 1.29 is 9.18 Å². The number of rotatable bonds is 6. The summed E-state index contributed by atoms with van der Waals surface area (Å²) in [5, 5.41) is 4.58. The first-order valence-electron chi connectivity index (χ1n) is 10.6. The smallest absolute Gasteiger partial charge is 0.236 e. The van der Waals surface area contributed by atoms with Crippen molar-refractivity contribution in [2.75, 3.05) is 19.6 Å². The highest BCUT2D eigenvalue weighted by atomic mass is 32.1. The van der Waals surface area contributed by atoms with E-state index >= 15 is 0 Å². The second-order valence-corrected chi connectivity index (χ2v) is 9.39. The summed E-state index contributed by atoms with van der Waals surface area (Å²) in [5.74, 6) is 0.619. The molecule has 1 fully saturated rings. The second kappa shape index (κ2) is 9.23. The van der Waals surface area contributed by atoms with Gasteiger partial charge in [0.1, 0.15) is 5.82 Å². The highest BCUT2D eigenvalue weighted by Crippen LogP contribution is 2.33. The standard InChI is InChI=1S/C24H28FN3OS/c1-16(2)23(17-7-9-19(25)10-8-17)26-15-22(29)28-13-11-18(12-14-28)24-27-20-5-3-4-6-21(20)30-24/h3-10,16,18,23,26H,11-15H2,1-2H3/t23-/m1/s1. The van der Waals surface area contributed by atoms with E-state index in [2.05, 4.69) is 37.4 Å². The van der Waals surface area contributed by atoms with Gasteiger partial charge in [0.2, 0.25) is 5.91 Å². The summed E-state index contributed by atoms with van der Waals surface area (Å²) in [6.45, 7) is 6.05. The summed E-state index contributed by atoms with van der Waals surface area (Å²) in [6.07, 6.45) is 1.91. The first-order chi connectivity index (χ1) is 14.5. The summed E-state index contributed by atoms with van der Waals surface area (Å²) < 4.78 is 14.5. The molecule has 4 rings (SSSR count). The van der Waals surface area contributed by atoms with Gasteiger partial charge in [-0.3, -0.25) is 4.79 Å². The monoisotopic (exact) mass is 425 g/mol. The Hall–Kier alpha value is -2.31. The number of nitrogens with one attached hydrogen (secondary N) is 1. The maximum atomic E-state index is 13.2. The molecule has 0 radical (unpaired) electrons. The molecule has 2 aromatic carbocycles. The number of halogens is 1. The fourth-order valence-electron chi connectivity index (χ4n) is 4.16. The number of amides is 1. The molecule has 0 spiro atoms. The number of carbonyl (C=O) groups is 1. The molecule has 1 aliphatic heterocycles. The fraction of sp³-hybridized carbons (Fsp3) is 0.417.